The molecule has 0 radical (unpaired) electrons. The van der Waals surface area contributed by atoms with Crippen molar-refractivity contribution in [1.29, 1.82) is 0 Å². The number of amides is 1. The number of hydrogen-bond acceptors (Lipinski definition) is 4. The first-order valence-corrected chi connectivity index (χ1v) is 9.85. The molecular formula is C13H18ClNO3S2. The maximum absolute atomic E-state index is 12.6. The van der Waals surface area contributed by atoms with E-state index in [2.05, 4.69) is 0 Å². The molecule has 2 heterocycles. The van der Waals surface area contributed by atoms with Gasteiger partial charge in [0, 0.05) is 28.6 Å². The number of halogens is 1. The van der Waals surface area contributed by atoms with Crippen LogP contribution in [0.1, 0.15) is 48.5 Å². The molecule has 20 heavy (non-hydrogen) atoms. The van der Waals surface area contributed by atoms with Crippen molar-refractivity contribution < 1.29 is 13.2 Å². The Bertz CT molecular complexity index is 609. The maximum atomic E-state index is 12.6. The molecule has 1 atom stereocenters. The molecular weight excluding hydrogens is 318 g/mol. The molecule has 1 aliphatic rings. The van der Waals surface area contributed by atoms with Crippen molar-refractivity contribution >= 4 is 37.0 Å². The van der Waals surface area contributed by atoms with E-state index in [1.165, 1.54) is 0 Å². The second-order valence-corrected chi connectivity index (χ2v) is 8.84. The second kappa shape index (κ2) is 6.03. The molecule has 0 aromatic carbocycles. The van der Waals surface area contributed by atoms with Crippen LogP contribution in [-0.2, 0) is 9.05 Å². The number of rotatable bonds is 2. The Balaban J connectivity index is 2.32. The van der Waals surface area contributed by atoms with Crippen molar-refractivity contribution in [2.75, 3.05) is 6.54 Å². The van der Waals surface area contributed by atoms with Gasteiger partial charge in [0.05, 0.1) is 5.56 Å². The van der Waals surface area contributed by atoms with Crippen LogP contribution in [0.25, 0.3) is 0 Å². The fourth-order valence-corrected chi connectivity index (χ4v) is 5.13. The number of nitrogens with zero attached hydrogens (tertiary/aromatic N) is 1. The fraction of sp³-hybridized carbons (Fsp3) is 0.615. The Morgan fingerprint density at radius 1 is 1.40 bits per heavy atom. The van der Waals surface area contributed by atoms with Crippen LogP contribution >= 0.6 is 22.0 Å². The monoisotopic (exact) mass is 335 g/mol. The van der Waals surface area contributed by atoms with Gasteiger partial charge in [0.15, 0.2) is 0 Å². The van der Waals surface area contributed by atoms with E-state index >= 15 is 0 Å². The zero-order valence-electron chi connectivity index (χ0n) is 11.6. The molecule has 1 aromatic heterocycles. The lowest BCUT2D eigenvalue weighted by Gasteiger charge is -2.27. The first kappa shape index (κ1) is 15.8. The van der Waals surface area contributed by atoms with Gasteiger partial charge in [-0.15, -0.1) is 11.3 Å². The molecule has 1 aromatic rings. The van der Waals surface area contributed by atoms with E-state index in [0.29, 0.717) is 11.1 Å². The number of carbonyl (C=O) groups excluding carboxylic acids is 1. The van der Waals surface area contributed by atoms with E-state index in [0.717, 1.165) is 43.6 Å². The highest BCUT2D eigenvalue weighted by molar-refractivity contribution is 8.15. The molecule has 1 fully saturated rings. The van der Waals surface area contributed by atoms with Gasteiger partial charge in [-0.05, 0) is 32.3 Å². The molecule has 0 spiro atoms. The summed E-state index contributed by atoms with van der Waals surface area (Å²) in [5.41, 5.74) is 0.925. The molecule has 0 bridgehead atoms. The van der Waals surface area contributed by atoms with Crippen LogP contribution in [0, 0.1) is 6.92 Å². The number of thiophene rings is 1. The molecule has 1 aliphatic heterocycles. The van der Waals surface area contributed by atoms with Gasteiger partial charge in [0.1, 0.15) is 4.21 Å². The Hall–Kier alpha value is -0.590. The molecule has 1 amide bonds. The zero-order chi connectivity index (χ0) is 14.9. The van der Waals surface area contributed by atoms with Crippen molar-refractivity contribution in [3.8, 4) is 0 Å². The van der Waals surface area contributed by atoms with Gasteiger partial charge < -0.3 is 4.90 Å². The first-order chi connectivity index (χ1) is 9.32. The van der Waals surface area contributed by atoms with Crippen LogP contribution < -0.4 is 0 Å². The molecule has 4 nitrogen and oxygen atoms in total. The zero-order valence-corrected chi connectivity index (χ0v) is 13.9. The first-order valence-electron chi connectivity index (χ1n) is 6.66. The van der Waals surface area contributed by atoms with Crippen LogP contribution in [0.5, 0.6) is 0 Å². The minimum Gasteiger partial charge on any atom is -0.336 e. The average molecular weight is 336 g/mol. The standard InChI is InChI=1S/C13H18ClNO3S2/c1-9-6-4-3-5-7-15(9)12(16)11-8-19-13(10(11)2)20(14,17)18/h8-9H,3-7H2,1-2H3. The number of hydrogen-bond donors (Lipinski definition) is 0. The predicted molar refractivity (Wildman–Crippen MR) is 81.1 cm³/mol. The smallest absolute Gasteiger partial charge is 0.271 e. The molecule has 112 valence electrons. The topological polar surface area (TPSA) is 54.5 Å². The van der Waals surface area contributed by atoms with E-state index in [4.69, 9.17) is 10.7 Å². The van der Waals surface area contributed by atoms with E-state index < -0.39 is 9.05 Å². The summed E-state index contributed by atoms with van der Waals surface area (Å²) in [5.74, 6) is -0.0836. The SMILES string of the molecule is Cc1c(C(=O)N2CCCCCC2C)csc1S(=O)(=O)Cl. The highest BCUT2D eigenvalue weighted by Crippen LogP contribution is 2.31. The Morgan fingerprint density at radius 3 is 2.70 bits per heavy atom. The minimum absolute atomic E-state index is 0.0741. The highest BCUT2D eigenvalue weighted by atomic mass is 35.7. The molecule has 1 saturated heterocycles. The summed E-state index contributed by atoms with van der Waals surface area (Å²) in [6, 6.07) is 0.195. The van der Waals surface area contributed by atoms with E-state index in [9.17, 15) is 13.2 Å². The average Bonchev–Trinajstić information content (AvgIpc) is 2.61. The molecule has 0 N–H and O–H groups in total. The molecule has 1 unspecified atom stereocenters. The summed E-state index contributed by atoms with van der Waals surface area (Å²) >= 11 is 1.01. The molecule has 7 heteroatoms. The molecule has 0 saturated carbocycles. The summed E-state index contributed by atoms with van der Waals surface area (Å²) in [6.45, 7) is 4.42. The third-order valence-electron chi connectivity index (χ3n) is 3.76. The Morgan fingerprint density at radius 2 is 2.10 bits per heavy atom. The van der Waals surface area contributed by atoms with E-state index in [-0.39, 0.29) is 16.2 Å². The normalized spacial score (nSPS) is 20.8. The molecule has 0 aliphatic carbocycles. The van der Waals surface area contributed by atoms with Gasteiger partial charge in [0.25, 0.3) is 15.0 Å². The lowest BCUT2D eigenvalue weighted by Crippen LogP contribution is -2.38. The van der Waals surface area contributed by atoms with Crippen LogP contribution in [0.15, 0.2) is 9.59 Å². The third-order valence-corrected chi connectivity index (χ3v) is 7.07. The van der Waals surface area contributed by atoms with Crippen LogP contribution in [0.4, 0.5) is 0 Å². The van der Waals surface area contributed by atoms with Gasteiger partial charge in [-0.2, -0.15) is 0 Å². The van der Waals surface area contributed by atoms with Crippen LogP contribution in [0.2, 0.25) is 0 Å². The van der Waals surface area contributed by atoms with Crippen LogP contribution in [0.3, 0.4) is 0 Å². The number of likely N-dealkylation sites (tertiary alicyclic amines) is 1. The Labute approximate surface area is 128 Å². The largest absolute Gasteiger partial charge is 0.336 e. The lowest BCUT2D eigenvalue weighted by molar-refractivity contribution is 0.0697. The van der Waals surface area contributed by atoms with Crippen molar-refractivity contribution in [2.45, 2.75) is 49.8 Å². The summed E-state index contributed by atoms with van der Waals surface area (Å²) in [5, 5.41) is 1.60. The molecule has 2 rings (SSSR count). The summed E-state index contributed by atoms with van der Waals surface area (Å²) in [4.78, 5) is 14.5. The summed E-state index contributed by atoms with van der Waals surface area (Å²) < 4.78 is 22.9. The Kier molecular flexibility index (Phi) is 4.76. The van der Waals surface area contributed by atoms with E-state index in [1.54, 1.807) is 12.3 Å². The second-order valence-electron chi connectivity index (χ2n) is 5.20. The van der Waals surface area contributed by atoms with Gasteiger partial charge in [-0.1, -0.05) is 12.8 Å². The van der Waals surface area contributed by atoms with Gasteiger partial charge >= 0.3 is 0 Å². The number of carbonyl (C=O) groups is 1. The minimum atomic E-state index is -3.78. The van der Waals surface area contributed by atoms with E-state index in [1.807, 2.05) is 11.8 Å². The van der Waals surface area contributed by atoms with Crippen molar-refractivity contribution in [2.24, 2.45) is 0 Å². The van der Waals surface area contributed by atoms with Gasteiger partial charge in [0.2, 0.25) is 0 Å². The van der Waals surface area contributed by atoms with Crippen molar-refractivity contribution in [3.05, 3.63) is 16.5 Å². The highest BCUT2D eigenvalue weighted by Gasteiger charge is 2.28. The van der Waals surface area contributed by atoms with Gasteiger partial charge in [-0.3, -0.25) is 4.79 Å². The van der Waals surface area contributed by atoms with Crippen molar-refractivity contribution in [3.63, 3.8) is 0 Å². The van der Waals surface area contributed by atoms with Crippen molar-refractivity contribution in [1.82, 2.24) is 4.90 Å². The quantitative estimate of drug-likeness (QED) is 0.778. The third kappa shape index (κ3) is 3.18. The van der Waals surface area contributed by atoms with Crippen LogP contribution in [-0.4, -0.2) is 31.8 Å². The maximum Gasteiger partial charge on any atom is 0.271 e. The summed E-state index contributed by atoms with van der Waals surface area (Å²) in [7, 11) is 1.60. The lowest BCUT2D eigenvalue weighted by atomic mass is 10.1. The summed E-state index contributed by atoms with van der Waals surface area (Å²) in [6.07, 6.45) is 4.27. The van der Waals surface area contributed by atoms with Gasteiger partial charge in [-0.25, -0.2) is 8.42 Å². The predicted octanol–water partition coefficient (Wildman–Crippen LogP) is 3.39. The fourth-order valence-electron chi connectivity index (χ4n) is 2.58.